The van der Waals surface area contributed by atoms with Gasteiger partial charge in [-0.05, 0) is 39.0 Å². The average Bonchev–Trinajstić information content (AvgIpc) is 2.62. The van der Waals surface area contributed by atoms with Crippen molar-refractivity contribution in [2.24, 2.45) is 0 Å². The van der Waals surface area contributed by atoms with Gasteiger partial charge >= 0.3 is 0 Å². The van der Waals surface area contributed by atoms with E-state index in [1.54, 1.807) is 31.2 Å². The van der Waals surface area contributed by atoms with Gasteiger partial charge in [-0.3, -0.25) is 9.59 Å². The van der Waals surface area contributed by atoms with Crippen LogP contribution < -0.4 is 10.6 Å². The molecule has 1 aromatic carbocycles. The van der Waals surface area contributed by atoms with Crippen molar-refractivity contribution in [1.82, 2.24) is 0 Å². The van der Waals surface area contributed by atoms with Crippen LogP contribution in [0.4, 0.5) is 11.4 Å². The number of nitrogens with one attached hydrogen (secondary N) is 2. The highest BCUT2D eigenvalue weighted by molar-refractivity contribution is 6.06. The summed E-state index contributed by atoms with van der Waals surface area (Å²) < 4.78 is 5.46. The van der Waals surface area contributed by atoms with Crippen LogP contribution in [0.3, 0.4) is 0 Å². The Morgan fingerprint density at radius 3 is 2.14 bits per heavy atom. The molecule has 0 aliphatic heterocycles. The predicted octanol–water partition coefficient (Wildman–Crippen LogP) is 3.42. The zero-order chi connectivity index (χ0) is 15.6. The van der Waals surface area contributed by atoms with Gasteiger partial charge in [-0.1, -0.05) is 6.07 Å². The van der Waals surface area contributed by atoms with Crippen LogP contribution in [0.5, 0.6) is 0 Å². The Balaban J connectivity index is 2.21. The highest BCUT2D eigenvalue weighted by atomic mass is 16.3. The third kappa shape index (κ3) is 3.31. The summed E-state index contributed by atoms with van der Waals surface area (Å²) in [5, 5.41) is 5.49. The summed E-state index contributed by atoms with van der Waals surface area (Å²) in [4.78, 5) is 23.4. The number of anilines is 2. The molecule has 0 fully saturated rings. The number of carbonyl (C=O) groups excluding carboxylic acids is 2. The standard InChI is InChI=1S/C16H18N2O3/c1-9-10(2)21-11(3)15(9)16(20)18-14-7-5-6-13(8-14)17-12(4)19/h5-8H,1-4H3,(H,17,19)(H,18,20). The van der Waals surface area contributed by atoms with Crippen LogP contribution >= 0.6 is 0 Å². The van der Waals surface area contributed by atoms with E-state index in [1.807, 2.05) is 13.8 Å². The summed E-state index contributed by atoms with van der Waals surface area (Å²) in [6.45, 7) is 6.89. The largest absolute Gasteiger partial charge is 0.466 e. The Labute approximate surface area is 123 Å². The van der Waals surface area contributed by atoms with Gasteiger partial charge in [0.2, 0.25) is 5.91 Å². The lowest BCUT2D eigenvalue weighted by Gasteiger charge is -2.08. The first-order valence-corrected chi connectivity index (χ1v) is 6.64. The van der Waals surface area contributed by atoms with Crippen LogP contribution in [0.2, 0.25) is 0 Å². The number of carbonyl (C=O) groups is 2. The molecule has 5 heteroatoms. The first-order chi connectivity index (χ1) is 9.88. The Morgan fingerprint density at radius 1 is 1.00 bits per heavy atom. The molecule has 0 spiro atoms. The summed E-state index contributed by atoms with van der Waals surface area (Å²) >= 11 is 0. The minimum Gasteiger partial charge on any atom is -0.466 e. The number of rotatable bonds is 3. The Hall–Kier alpha value is -2.56. The second-order valence-corrected chi connectivity index (χ2v) is 4.93. The van der Waals surface area contributed by atoms with Crippen molar-refractivity contribution in [2.75, 3.05) is 10.6 Å². The van der Waals surface area contributed by atoms with Gasteiger partial charge in [0.15, 0.2) is 0 Å². The van der Waals surface area contributed by atoms with Gasteiger partial charge in [0.05, 0.1) is 5.56 Å². The lowest BCUT2D eigenvalue weighted by atomic mass is 10.1. The molecule has 2 rings (SSSR count). The Morgan fingerprint density at radius 2 is 1.62 bits per heavy atom. The minimum absolute atomic E-state index is 0.157. The number of hydrogen-bond acceptors (Lipinski definition) is 3. The fourth-order valence-corrected chi connectivity index (χ4v) is 2.20. The van der Waals surface area contributed by atoms with E-state index in [4.69, 9.17) is 4.42 Å². The highest BCUT2D eigenvalue weighted by Gasteiger charge is 2.18. The van der Waals surface area contributed by atoms with Crippen molar-refractivity contribution in [1.29, 1.82) is 0 Å². The Kier molecular flexibility index (Phi) is 4.12. The van der Waals surface area contributed by atoms with Gasteiger partial charge in [-0.2, -0.15) is 0 Å². The zero-order valence-corrected chi connectivity index (χ0v) is 12.5. The van der Waals surface area contributed by atoms with Crippen molar-refractivity contribution in [3.05, 3.63) is 46.9 Å². The lowest BCUT2D eigenvalue weighted by Crippen LogP contribution is -2.14. The molecule has 2 N–H and O–H groups in total. The molecule has 2 aromatic rings. The maximum atomic E-state index is 12.3. The number of hydrogen-bond donors (Lipinski definition) is 2. The molecule has 0 aliphatic rings. The molecule has 0 radical (unpaired) electrons. The molecule has 0 unspecified atom stereocenters. The monoisotopic (exact) mass is 286 g/mol. The fraction of sp³-hybridized carbons (Fsp3) is 0.250. The van der Waals surface area contributed by atoms with Crippen LogP contribution in [0.1, 0.15) is 34.4 Å². The van der Waals surface area contributed by atoms with Gasteiger partial charge < -0.3 is 15.1 Å². The molecule has 1 heterocycles. The smallest absolute Gasteiger partial charge is 0.259 e. The highest BCUT2D eigenvalue weighted by Crippen LogP contribution is 2.23. The number of furan rings is 1. The van der Waals surface area contributed by atoms with Crippen molar-refractivity contribution in [3.63, 3.8) is 0 Å². The van der Waals surface area contributed by atoms with E-state index in [0.29, 0.717) is 22.7 Å². The van der Waals surface area contributed by atoms with E-state index in [0.717, 1.165) is 11.3 Å². The first-order valence-electron chi connectivity index (χ1n) is 6.64. The molecule has 0 bridgehead atoms. The van der Waals surface area contributed by atoms with Gasteiger partial charge in [0.25, 0.3) is 5.91 Å². The zero-order valence-electron chi connectivity index (χ0n) is 12.5. The van der Waals surface area contributed by atoms with Gasteiger partial charge in [0, 0.05) is 23.9 Å². The molecule has 0 aliphatic carbocycles. The number of amides is 2. The van der Waals surface area contributed by atoms with Crippen molar-refractivity contribution in [2.45, 2.75) is 27.7 Å². The maximum absolute atomic E-state index is 12.3. The van der Waals surface area contributed by atoms with E-state index in [1.165, 1.54) is 6.92 Å². The van der Waals surface area contributed by atoms with E-state index in [2.05, 4.69) is 10.6 Å². The average molecular weight is 286 g/mol. The molecule has 21 heavy (non-hydrogen) atoms. The van der Waals surface area contributed by atoms with Gasteiger partial charge in [-0.25, -0.2) is 0 Å². The normalized spacial score (nSPS) is 10.3. The fourth-order valence-electron chi connectivity index (χ4n) is 2.20. The second kappa shape index (κ2) is 5.83. The van der Waals surface area contributed by atoms with Gasteiger partial charge in [0.1, 0.15) is 11.5 Å². The SMILES string of the molecule is CC(=O)Nc1cccc(NC(=O)c2c(C)oc(C)c2C)c1. The number of aryl methyl sites for hydroxylation is 2. The predicted molar refractivity (Wildman–Crippen MR) is 81.6 cm³/mol. The minimum atomic E-state index is -0.221. The van der Waals surface area contributed by atoms with Crippen LogP contribution in [0.25, 0.3) is 0 Å². The van der Waals surface area contributed by atoms with Crippen molar-refractivity contribution in [3.8, 4) is 0 Å². The molecule has 0 saturated heterocycles. The van der Waals surface area contributed by atoms with Crippen molar-refractivity contribution >= 4 is 23.2 Å². The summed E-state index contributed by atoms with van der Waals surface area (Å²) in [7, 11) is 0. The Bertz CT molecular complexity index is 702. The third-order valence-electron chi connectivity index (χ3n) is 3.23. The van der Waals surface area contributed by atoms with Crippen LogP contribution in [0, 0.1) is 20.8 Å². The molecule has 2 amide bonds. The quantitative estimate of drug-likeness (QED) is 0.908. The topological polar surface area (TPSA) is 71.3 Å². The molecule has 0 saturated carbocycles. The lowest BCUT2D eigenvalue weighted by molar-refractivity contribution is -0.114. The first kappa shape index (κ1) is 14.8. The molecular formula is C16H18N2O3. The summed E-state index contributed by atoms with van der Waals surface area (Å²) in [5.74, 6) is 0.961. The van der Waals surface area contributed by atoms with E-state index >= 15 is 0 Å². The molecular weight excluding hydrogens is 268 g/mol. The molecule has 0 atom stereocenters. The van der Waals surface area contributed by atoms with E-state index in [9.17, 15) is 9.59 Å². The maximum Gasteiger partial charge on any atom is 0.259 e. The number of benzene rings is 1. The summed E-state index contributed by atoms with van der Waals surface area (Å²) in [6.07, 6.45) is 0. The van der Waals surface area contributed by atoms with E-state index in [-0.39, 0.29) is 11.8 Å². The van der Waals surface area contributed by atoms with Crippen LogP contribution in [-0.4, -0.2) is 11.8 Å². The molecule has 110 valence electrons. The molecule has 1 aromatic heterocycles. The van der Waals surface area contributed by atoms with Crippen LogP contribution in [-0.2, 0) is 4.79 Å². The second-order valence-electron chi connectivity index (χ2n) is 4.93. The summed E-state index contributed by atoms with van der Waals surface area (Å²) in [6, 6.07) is 6.99. The van der Waals surface area contributed by atoms with E-state index < -0.39 is 0 Å². The van der Waals surface area contributed by atoms with Crippen LogP contribution in [0.15, 0.2) is 28.7 Å². The molecule has 5 nitrogen and oxygen atoms in total. The van der Waals surface area contributed by atoms with Crippen molar-refractivity contribution < 1.29 is 14.0 Å². The van der Waals surface area contributed by atoms with Gasteiger partial charge in [-0.15, -0.1) is 0 Å². The summed E-state index contributed by atoms with van der Waals surface area (Å²) in [5.41, 5.74) is 2.64. The third-order valence-corrected chi connectivity index (χ3v) is 3.23.